The van der Waals surface area contributed by atoms with Gasteiger partial charge in [-0.2, -0.15) is 0 Å². The molecule has 1 aliphatic heterocycles. The van der Waals surface area contributed by atoms with E-state index < -0.39 is 6.10 Å². The standard InChI is InChI=1S/C22H28ClN3O2/c1-16-14-20(8-9-21(16)23)28-17(2)22(27)24-15-18-4-6-19(7-5-18)26-12-10-25(3)11-13-26/h4-9,14,17H,10-13,15H2,1-3H3,(H,24,27)/t17-/m1/s1. The van der Waals surface area contributed by atoms with Gasteiger partial charge in [-0.15, -0.1) is 0 Å². The molecule has 0 bridgehead atoms. The van der Waals surface area contributed by atoms with Gasteiger partial charge < -0.3 is 19.9 Å². The van der Waals surface area contributed by atoms with Crippen LogP contribution in [0.2, 0.25) is 5.02 Å². The molecule has 2 aromatic carbocycles. The van der Waals surface area contributed by atoms with Crippen molar-refractivity contribution in [3.8, 4) is 5.75 Å². The number of carbonyl (C=O) groups excluding carboxylic acids is 1. The number of piperazine rings is 1. The molecular weight excluding hydrogens is 374 g/mol. The van der Waals surface area contributed by atoms with Crippen molar-refractivity contribution in [2.75, 3.05) is 38.1 Å². The quantitative estimate of drug-likeness (QED) is 0.804. The zero-order chi connectivity index (χ0) is 20.1. The third-order valence-electron chi connectivity index (χ3n) is 5.08. The maximum absolute atomic E-state index is 12.3. The Labute approximate surface area is 172 Å². The molecule has 0 radical (unpaired) electrons. The van der Waals surface area contributed by atoms with Gasteiger partial charge in [0.1, 0.15) is 5.75 Å². The molecule has 1 aliphatic rings. The number of likely N-dealkylation sites (N-methyl/N-ethyl adjacent to an activating group) is 1. The number of amides is 1. The second-order valence-corrected chi connectivity index (χ2v) is 7.75. The van der Waals surface area contributed by atoms with Crippen LogP contribution in [0.5, 0.6) is 5.75 Å². The Balaban J connectivity index is 1.49. The van der Waals surface area contributed by atoms with Gasteiger partial charge in [0.25, 0.3) is 5.91 Å². The summed E-state index contributed by atoms with van der Waals surface area (Å²) in [4.78, 5) is 17.1. The van der Waals surface area contributed by atoms with Gasteiger partial charge in [0.05, 0.1) is 0 Å². The Morgan fingerprint density at radius 1 is 1.14 bits per heavy atom. The van der Waals surface area contributed by atoms with E-state index in [1.54, 1.807) is 19.1 Å². The van der Waals surface area contributed by atoms with Crippen molar-refractivity contribution in [2.24, 2.45) is 0 Å². The first-order valence-corrected chi connectivity index (χ1v) is 10.0. The summed E-state index contributed by atoms with van der Waals surface area (Å²) < 4.78 is 5.73. The van der Waals surface area contributed by atoms with Gasteiger partial charge in [-0.1, -0.05) is 23.7 Å². The number of hydrogen-bond acceptors (Lipinski definition) is 4. The number of rotatable bonds is 6. The van der Waals surface area contributed by atoms with E-state index in [1.807, 2.05) is 13.0 Å². The fraction of sp³-hybridized carbons (Fsp3) is 0.409. The second-order valence-electron chi connectivity index (χ2n) is 7.35. The van der Waals surface area contributed by atoms with Crippen LogP contribution in [-0.4, -0.2) is 50.1 Å². The molecule has 3 rings (SSSR count). The summed E-state index contributed by atoms with van der Waals surface area (Å²) in [5.41, 5.74) is 3.23. The number of benzene rings is 2. The highest BCUT2D eigenvalue weighted by Gasteiger charge is 2.16. The van der Waals surface area contributed by atoms with Gasteiger partial charge in [-0.25, -0.2) is 0 Å². The molecule has 0 spiro atoms. The summed E-state index contributed by atoms with van der Waals surface area (Å²) in [5, 5.41) is 3.62. The van der Waals surface area contributed by atoms with Gasteiger partial charge >= 0.3 is 0 Å². The zero-order valence-corrected chi connectivity index (χ0v) is 17.5. The van der Waals surface area contributed by atoms with Gasteiger partial charge in [-0.3, -0.25) is 4.79 Å². The van der Waals surface area contributed by atoms with Crippen LogP contribution in [0.25, 0.3) is 0 Å². The molecule has 0 aliphatic carbocycles. The third-order valence-corrected chi connectivity index (χ3v) is 5.51. The lowest BCUT2D eigenvalue weighted by molar-refractivity contribution is -0.127. The fourth-order valence-corrected chi connectivity index (χ4v) is 3.29. The minimum absolute atomic E-state index is 0.143. The fourth-order valence-electron chi connectivity index (χ4n) is 3.17. The Hall–Kier alpha value is -2.24. The average molecular weight is 402 g/mol. The molecule has 150 valence electrons. The number of nitrogens with zero attached hydrogens (tertiary/aromatic N) is 2. The molecule has 1 amide bonds. The summed E-state index contributed by atoms with van der Waals surface area (Å²) in [6.07, 6.45) is -0.579. The molecule has 1 N–H and O–H groups in total. The molecule has 5 nitrogen and oxygen atoms in total. The molecule has 0 unspecified atom stereocenters. The Morgan fingerprint density at radius 2 is 1.82 bits per heavy atom. The first-order valence-electron chi connectivity index (χ1n) is 9.65. The largest absolute Gasteiger partial charge is 0.481 e. The number of halogens is 1. The van der Waals surface area contributed by atoms with Crippen LogP contribution in [0.4, 0.5) is 5.69 Å². The van der Waals surface area contributed by atoms with E-state index >= 15 is 0 Å². The monoisotopic (exact) mass is 401 g/mol. The highest BCUT2D eigenvalue weighted by atomic mass is 35.5. The lowest BCUT2D eigenvalue weighted by Crippen LogP contribution is -2.44. The summed E-state index contributed by atoms with van der Waals surface area (Å²) >= 11 is 6.02. The van der Waals surface area contributed by atoms with Crippen LogP contribution in [0.1, 0.15) is 18.1 Å². The number of aryl methyl sites for hydroxylation is 1. The number of carbonyl (C=O) groups is 1. The van der Waals surface area contributed by atoms with E-state index in [-0.39, 0.29) is 5.91 Å². The van der Waals surface area contributed by atoms with Crippen LogP contribution in [0.15, 0.2) is 42.5 Å². The smallest absolute Gasteiger partial charge is 0.261 e. The molecule has 2 aromatic rings. The van der Waals surface area contributed by atoms with Gasteiger partial charge in [-0.05, 0) is 62.4 Å². The summed E-state index contributed by atoms with van der Waals surface area (Å²) in [6.45, 7) is 8.40. The van der Waals surface area contributed by atoms with Crippen molar-refractivity contribution in [3.05, 3.63) is 58.6 Å². The van der Waals surface area contributed by atoms with Gasteiger partial charge in [0.2, 0.25) is 0 Å². The van der Waals surface area contributed by atoms with Crippen LogP contribution < -0.4 is 15.0 Å². The predicted octanol–water partition coefficient (Wildman–Crippen LogP) is 3.48. The molecule has 1 heterocycles. The van der Waals surface area contributed by atoms with E-state index in [1.165, 1.54) is 5.69 Å². The molecule has 0 aromatic heterocycles. The second kappa shape index (κ2) is 9.30. The maximum atomic E-state index is 12.3. The number of nitrogens with one attached hydrogen (secondary N) is 1. The SMILES string of the molecule is Cc1cc(O[C@H](C)C(=O)NCc2ccc(N3CCN(C)CC3)cc2)ccc1Cl. The molecular formula is C22H28ClN3O2. The van der Waals surface area contributed by atoms with Crippen molar-refractivity contribution in [2.45, 2.75) is 26.5 Å². The lowest BCUT2D eigenvalue weighted by Gasteiger charge is -2.34. The van der Waals surface area contributed by atoms with Gasteiger partial charge in [0.15, 0.2) is 6.10 Å². The van der Waals surface area contributed by atoms with Crippen molar-refractivity contribution in [1.29, 1.82) is 0 Å². The normalized spacial score (nSPS) is 15.9. The number of ether oxygens (including phenoxy) is 1. The van der Waals surface area contributed by atoms with Crippen LogP contribution in [0.3, 0.4) is 0 Å². The minimum Gasteiger partial charge on any atom is -0.481 e. The molecule has 28 heavy (non-hydrogen) atoms. The molecule has 6 heteroatoms. The van der Waals surface area contributed by atoms with E-state index in [0.717, 1.165) is 37.3 Å². The van der Waals surface area contributed by atoms with E-state index in [0.29, 0.717) is 17.3 Å². The van der Waals surface area contributed by atoms with E-state index in [4.69, 9.17) is 16.3 Å². The third kappa shape index (κ3) is 5.40. The van der Waals surface area contributed by atoms with Crippen LogP contribution in [0, 0.1) is 6.92 Å². The van der Waals surface area contributed by atoms with Gasteiger partial charge in [0, 0.05) is 43.4 Å². The Bertz CT molecular complexity index is 802. The summed E-state index contributed by atoms with van der Waals surface area (Å²) in [5.74, 6) is 0.497. The highest BCUT2D eigenvalue weighted by molar-refractivity contribution is 6.31. The lowest BCUT2D eigenvalue weighted by atomic mass is 10.1. The maximum Gasteiger partial charge on any atom is 0.261 e. The van der Waals surface area contributed by atoms with Crippen molar-refractivity contribution >= 4 is 23.2 Å². The number of anilines is 1. The minimum atomic E-state index is -0.579. The highest BCUT2D eigenvalue weighted by Crippen LogP contribution is 2.22. The van der Waals surface area contributed by atoms with Crippen molar-refractivity contribution in [1.82, 2.24) is 10.2 Å². The molecule has 1 atom stereocenters. The molecule has 1 fully saturated rings. The Kier molecular flexibility index (Phi) is 6.81. The van der Waals surface area contributed by atoms with Crippen molar-refractivity contribution in [3.63, 3.8) is 0 Å². The number of hydrogen-bond donors (Lipinski definition) is 1. The topological polar surface area (TPSA) is 44.8 Å². The first-order chi connectivity index (χ1) is 13.4. The predicted molar refractivity (Wildman–Crippen MR) is 114 cm³/mol. The van der Waals surface area contributed by atoms with Crippen molar-refractivity contribution < 1.29 is 9.53 Å². The zero-order valence-electron chi connectivity index (χ0n) is 16.7. The van der Waals surface area contributed by atoms with Crippen LogP contribution >= 0.6 is 11.6 Å². The molecule has 1 saturated heterocycles. The first kappa shape index (κ1) is 20.5. The average Bonchev–Trinajstić information content (AvgIpc) is 2.70. The summed E-state index contributed by atoms with van der Waals surface area (Å²) in [7, 11) is 2.15. The van der Waals surface area contributed by atoms with Crippen LogP contribution in [-0.2, 0) is 11.3 Å². The van der Waals surface area contributed by atoms with E-state index in [9.17, 15) is 4.79 Å². The Morgan fingerprint density at radius 3 is 2.46 bits per heavy atom. The van der Waals surface area contributed by atoms with E-state index in [2.05, 4.69) is 46.4 Å². The summed E-state index contributed by atoms with van der Waals surface area (Å²) in [6, 6.07) is 13.8. The molecule has 0 saturated carbocycles.